The minimum absolute atomic E-state index is 0.116. The number of para-hydroxylation sites is 1. The summed E-state index contributed by atoms with van der Waals surface area (Å²) >= 11 is 1.30. The van der Waals surface area contributed by atoms with Gasteiger partial charge in [0.1, 0.15) is 11.6 Å². The van der Waals surface area contributed by atoms with Crippen LogP contribution in [0, 0.1) is 24.1 Å². The molecule has 0 bridgehead atoms. The third-order valence-corrected chi connectivity index (χ3v) is 4.89. The molecule has 0 aliphatic heterocycles. The lowest BCUT2D eigenvalue weighted by Gasteiger charge is -2.22. The molecule has 1 amide bonds. The van der Waals surface area contributed by atoms with Crippen molar-refractivity contribution in [1.29, 1.82) is 5.26 Å². The van der Waals surface area contributed by atoms with Gasteiger partial charge in [-0.05, 0) is 31.9 Å². The predicted molar refractivity (Wildman–Crippen MR) is 92.7 cm³/mol. The van der Waals surface area contributed by atoms with E-state index in [9.17, 15) is 9.18 Å². The zero-order chi connectivity index (χ0) is 17.8. The first-order valence-corrected chi connectivity index (χ1v) is 9.06. The van der Waals surface area contributed by atoms with Crippen LogP contribution >= 0.6 is 11.8 Å². The maximum Gasteiger partial charge on any atom is 0.237 e. The Balaban J connectivity index is 1.73. The summed E-state index contributed by atoms with van der Waals surface area (Å²) in [5.74, 6) is 0.224. The molecule has 0 unspecified atom stereocenters. The summed E-state index contributed by atoms with van der Waals surface area (Å²) in [6.45, 7) is 2.06. The van der Waals surface area contributed by atoms with Crippen LogP contribution in [0.4, 0.5) is 10.1 Å². The fourth-order valence-electron chi connectivity index (χ4n) is 2.62. The summed E-state index contributed by atoms with van der Waals surface area (Å²) < 4.78 is 16.1. The molecule has 1 heterocycles. The Morgan fingerprint density at radius 3 is 2.88 bits per heavy atom. The molecule has 6 nitrogen and oxygen atoms in total. The largest absolute Gasteiger partial charge is 0.308 e. The Hall–Kier alpha value is -2.40. The van der Waals surface area contributed by atoms with E-state index in [4.69, 9.17) is 5.26 Å². The van der Waals surface area contributed by atoms with Crippen molar-refractivity contribution < 1.29 is 9.18 Å². The quantitative estimate of drug-likeness (QED) is 0.710. The molecule has 130 valence electrons. The molecule has 25 heavy (non-hydrogen) atoms. The van der Waals surface area contributed by atoms with Crippen LogP contribution in [0.25, 0.3) is 0 Å². The van der Waals surface area contributed by atoms with Gasteiger partial charge in [-0.15, -0.1) is 10.2 Å². The van der Waals surface area contributed by atoms with Crippen LogP contribution in [0.2, 0.25) is 0 Å². The number of hydrogen-bond acceptors (Lipinski definition) is 5. The fraction of sp³-hybridized carbons (Fsp3) is 0.412. The normalized spacial score (nSPS) is 13.5. The van der Waals surface area contributed by atoms with Gasteiger partial charge < -0.3 is 9.47 Å². The smallest absolute Gasteiger partial charge is 0.237 e. The lowest BCUT2D eigenvalue weighted by atomic mass is 10.2. The standard InChI is InChI=1S/C17H18FN5OS/c1-12-20-21-17(23(12)13-7-8-13)25-11-16(24)22(10-4-9-19)15-6-3-2-5-14(15)18/h2-3,5-6,13H,4,7-8,10-11H2,1H3. The van der Waals surface area contributed by atoms with Gasteiger partial charge in [-0.2, -0.15) is 5.26 Å². The molecule has 8 heteroatoms. The highest BCUT2D eigenvalue weighted by Gasteiger charge is 2.29. The number of amides is 1. The number of nitrogens with zero attached hydrogens (tertiary/aromatic N) is 5. The zero-order valence-corrected chi connectivity index (χ0v) is 14.7. The van der Waals surface area contributed by atoms with Crippen LogP contribution in [0.15, 0.2) is 29.4 Å². The van der Waals surface area contributed by atoms with Crippen molar-refractivity contribution in [3.8, 4) is 6.07 Å². The van der Waals surface area contributed by atoms with Gasteiger partial charge in [0.15, 0.2) is 5.16 Å². The molecule has 0 spiro atoms. The highest BCUT2D eigenvalue weighted by Crippen LogP contribution is 2.38. The number of carbonyl (C=O) groups is 1. The summed E-state index contributed by atoms with van der Waals surface area (Å²) in [5.41, 5.74) is 0.197. The number of halogens is 1. The molecular formula is C17H18FN5OS. The number of aromatic nitrogens is 3. The second-order valence-electron chi connectivity index (χ2n) is 5.82. The maximum absolute atomic E-state index is 14.1. The SMILES string of the molecule is Cc1nnc(SCC(=O)N(CCC#N)c2ccccc2F)n1C1CC1. The highest BCUT2D eigenvalue weighted by molar-refractivity contribution is 7.99. The van der Waals surface area contributed by atoms with E-state index < -0.39 is 5.82 Å². The average Bonchev–Trinajstić information content (AvgIpc) is 3.37. The minimum atomic E-state index is -0.476. The molecule has 0 atom stereocenters. The Kier molecular flexibility index (Phi) is 5.34. The number of rotatable bonds is 7. The lowest BCUT2D eigenvalue weighted by Crippen LogP contribution is -2.34. The summed E-state index contributed by atoms with van der Waals surface area (Å²) in [4.78, 5) is 14.0. The van der Waals surface area contributed by atoms with Gasteiger partial charge >= 0.3 is 0 Å². The zero-order valence-electron chi connectivity index (χ0n) is 13.9. The van der Waals surface area contributed by atoms with Gasteiger partial charge in [-0.1, -0.05) is 23.9 Å². The highest BCUT2D eigenvalue weighted by atomic mass is 32.2. The molecule has 1 aromatic heterocycles. The summed E-state index contributed by atoms with van der Waals surface area (Å²) in [6.07, 6.45) is 2.34. The van der Waals surface area contributed by atoms with Crippen LogP contribution in [0.1, 0.15) is 31.1 Å². The monoisotopic (exact) mass is 359 g/mol. The van der Waals surface area contributed by atoms with Crippen LogP contribution < -0.4 is 4.90 Å². The molecule has 0 radical (unpaired) electrons. The first-order valence-electron chi connectivity index (χ1n) is 8.08. The Labute approximate surface area is 149 Å². The first-order chi connectivity index (χ1) is 12.1. The molecule has 1 aliphatic rings. The Bertz CT molecular complexity index is 812. The van der Waals surface area contributed by atoms with Crippen molar-refractivity contribution in [3.63, 3.8) is 0 Å². The van der Waals surface area contributed by atoms with Crippen LogP contribution in [0.3, 0.4) is 0 Å². The number of thioether (sulfide) groups is 1. The molecule has 1 aliphatic carbocycles. The fourth-order valence-corrected chi connectivity index (χ4v) is 3.54. The molecule has 1 saturated carbocycles. The second kappa shape index (κ2) is 7.66. The van der Waals surface area contributed by atoms with E-state index in [0.29, 0.717) is 11.2 Å². The van der Waals surface area contributed by atoms with Gasteiger partial charge in [0.05, 0.1) is 23.9 Å². The van der Waals surface area contributed by atoms with E-state index in [-0.39, 0.29) is 30.3 Å². The third-order valence-electron chi connectivity index (χ3n) is 3.96. The lowest BCUT2D eigenvalue weighted by molar-refractivity contribution is -0.116. The number of aryl methyl sites for hydroxylation is 1. The second-order valence-corrected chi connectivity index (χ2v) is 6.77. The van der Waals surface area contributed by atoms with E-state index in [1.54, 1.807) is 18.2 Å². The van der Waals surface area contributed by atoms with Crippen LogP contribution in [0.5, 0.6) is 0 Å². The number of hydrogen-bond donors (Lipinski definition) is 0. The van der Waals surface area contributed by atoms with Crippen molar-refractivity contribution >= 4 is 23.4 Å². The van der Waals surface area contributed by atoms with Gasteiger partial charge in [-0.3, -0.25) is 4.79 Å². The summed E-state index contributed by atoms with van der Waals surface area (Å²) in [6, 6.07) is 8.53. The third kappa shape index (κ3) is 3.99. The number of anilines is 1. The van der Waals surface area contributed by atoms with Crippen molar-refractivity contribution in [1.82, 2.24) is 14.8 Å². The van der Waals surface area contributed by atoms with Gasteiger partial charge in [0.25, 0.3) is 0 Å². The maximum atomic E-state index is 14.1. The number of benzene rings is 1. The van der Waals surface area contributed by atoms with Crippen molar-refractivity contribution in [2.75, 3.05) is 17.2 Å². The Morgan fingerprint density at radius 1 is 1.44 bits per heavy atom. The summed E-state index contributed by atoms with van der Waals surface area (Å²) in [5, 5.41) is 17.8. The van der Waals surface area contributed by atoms with E-state index in [0.717, 1.165) is 18.7 Å². The van der Waals surface area contributed by atoms with E-state index in [2.05, 4.69) is 14.8 Å². The summed E-state index contributed by atoms with van der Waals surface area (Å²) in [7, 11) is 0. The average molecular weight is 359 g/mol. The van der Waals surface area contributed by atoms with Crippen LogP contribution in [-0.4, -0.2) is 33.0 Å². The van der Waals surface area contributed by atoms with E-state index in [1.165, 1.54) is 22.7 Å². The molecule has 0 N–H and O–H groups in total. The molecule has 3 rings (SSSR count). The molecule has 2 aromatic rings. The first kappa shape index (κ1) is 17.4. The van der Waals surface area contributed by atoms with E-state index in [1.807, 2.05) is 13.0 Å². The van der Waals surface area contributed by atoms with Crippen molar-refractivity contribution in [2.24, 2.45) is 0 Å². The van der Waals surface area contributed by atoms with E-state index >= 15 is 0 Å². The van der Waals surface area contributed by atoms with Crippen molar-refractivity contribution in [3.05, 3.63) is 35.9 Å². The molecule has 0 saturated heterocycles. The van der Waals surface area contributed by atoms with Gasteiger partial charge in [-0.25, -0.2) is 4.39 Å². The topological polar surface area (TPSA) is 74.8 Å². The molecular weight excluding hydrogens is 341 g/mol. The van der Waals surface area contributed by atoms with Gasteiger partial charge in [0, 0.05) is 12.6 Å². The van der Waals surface area contributed by atoms with Crippen LogP contribution in [-0.2, 0) is 4.79 Å². The molecule has 1 fully saturated rings. The minimum Gasteiger partial charge on any atom is -0.308 e. The number of nitriles is 1. The van der Waals surface area contributed by atoms with Gasteiger partial charge in [0.2, 0.25) is 5.91 Å². The number of carbonyl (C=O) groups excluding carboxylic acids is 1. The molecule has 1 aromatic carbocycles. The predicted octanol–water partition coefficient (Wildman–Crippen LogP) is 3.10. The Morgan fingerprint density at radius 2 is 2.20 bits per heavy atom. The van der Waals surface area contributed by atoms with Crippen molar-refractivity contribution in [2.45, 2.75) is 37.4 Å².